The van der Waals surface area contributed by atoms with E-state index in [2.05, 4.69) is 19.2 Å². The molecule has 0 fully saturated rings. The number of carbonyl (C=O) groups is 1. The molecule has 0 radical (unpaired) electrons. The highest BCUT2D eigenvalue weighted by Crippen LogP contribution is 2.23. The summed E-state index contributed by atoms with van der Waals surface area (Å²) in [6.45, 7) is 6.17. The quantitative estimate of drug-likeness (QED) is 0.841. The lowest BCUT2D eigenvalue weighted by Gasteiger charge is -2.24. The van der Waals surface area contributed by atoms with E-state index in [-0.39, 0.29) is 11.9 Å². The molecule has 2 atom stereocenters. The maximum absolute atomic E-state index is 12.0. The Bertz CT molecular complexity index is 403. The summed E-state index contributed by atoms with van der Waals surface area (Å²) in [5.74, 6) is 0.203. The summed E-state index contributed by atoms with van der Waals surface area (Å²) >= 11 is 5.89. The fraction of sp³-hybridized carbons (Fsp3) is 0.533. The van der Waals surface area contributed by atoms with Gasteiger partial charge in [0.2, 0.25) is 5.91 Å². The van der Waals surface area contributed by atoms with Crippen LogP contribution in [-0.4, -0.2) is 11.9 Å². The van der Waals surface area contributed by atoms with Crippen molar-refractivity contribution in [1.29, 1.82) is 0 Å². The second-order valence-electron chi connectivity index (χ2n) is 5.18. The van der Waals surface area contributed by atoms with Gasteiger partial charge >= 0.3 is 0 Å². The molecule has 106 valence electrons. The Kier molecular flexibility index (Phi) is 6.32. The summed E-state index contributed by atoms with van der Waals surface area (Å²) < 4.78 is 0. The fourth-order valence-corrected chi connectivity index (χ4v) is 2.13. The third-order valence-electron chi connectivity index (χ3n) is 3.13. The van der Waals surface area contributed by atoms with Crippen LogP contribution in [0, 0.1) is 5.92 Å². The number of nitrogens with two attached hydrogens (primary N) is 1. The monoisotopic (exact) mass is 282 g/mol. The molecule has 1 unspecified atom stereocenters. The Morgan fingerprint density at radius 3 is 2.37 bits per heavy atom. The predicted molar refractivity (Wildman–Crippen MR) is 80.1 cm³/mol. The van der Waals surface area contributed by atoms with Crippen LogP contribution >= 0.6 is 11.6 Å². The van der Waals surface area contributed by atoms with Crippen molar-refractivity contribution in [1.82, 2.24) is 5.32 Å². The molecule has 19 heavy (non-hydrogen) atoms. The van der Waals surface area contributed by atoms with Gasteiger partial charge in [-0.05, 0) is 30.0 Å². The summed E-state index contributed by atoms with van der Waals surface area (Å²) in [5.41, 5.74) is 6.90. The molecule has 0 aliphatic heterocycles. The molecular weight excluding hydrogens is 260 g/mol. The average Bonchev–Trinajstić information content (AvgIpc) is 2.37. The highest BCUT2D eigenvalue weighted by Gasteiger charge is 2.21. The molecule has 0 aliphatic carbocycles. The third kappa shape index (κ3) is 4.84. The largest absolute Gasteiger partial charge is 0.348 e. The SMILES string of the molecule is CCC[C@@H](N)C(=O)NC(c1ccc(Cl)cc1)C(C)C. The van der Waals surface area contributed by atoms with Crippen LogP contribution in [0.5, 0.6) is 0 Å². The second kappa shape index (κ2) is 7.51. The molecule has 0 bridgehead atoms. The van der Waals surface area contributed by atoms with Crippen LogP contribution in [-0.2, 0) is 4.79 Å². The minimum atomic E-state index is -0.432. The van der Waals surface area contributed by atoms with E-state index < -0.39 is 6.04 Å². The number of carbonyl (C=O) groups excluding carboxylic acids is 1. The Morgan fingerprint density at radius 1 is 1.32 bits per heavy atom. The summed E-state index contributed by atoms with van der Waals surface area (Å²) in [5, 5.41) is 3.72. The van der Waals surface area contributed by atoms with Crippen molar-refractivity contribution >= 4 is 17.5 Å². The number of benzene rings is 1. The molecule has 3 N–H and O–H groups in total. The van der Waals surface area contributed by atoms with Gasteiger partial charge in [-0.1, -0.05) is 50.9 Å². The van der Waals surface area contributed by atoms with Gasteiger partial charge in [0, 0.05) is 5.02 Å². The first kappa shape index (κ1) is 16.0. The van der Waals surface area contributed by atoms with Gasteiger partial charge < -0.3 is 11.1 Å². The van der Waals surface area contributed by atoms with Crippen molar-refractivity contribution < 1.29 is 4.79 Å². The Balaban J connectivity index is 2.79. The Labute approximate surface area is 120 Å². The van der Waals surface area contributed by atoms with Crippen LogP contribution in [0.2, 0.25) is 5.02 Å². The first-order chi connectivity index (χ1) is 8.95. The average molecular weight is 283 g/mol. The van der Waals surface area contributed by atoms with Crippen LogP contribution in [0.15, 0.2) is 24.3 Å². The molecule has 1 aromatic rings. The molecule has 1 rings (SSSR count). The van der Waals surface area contributed by atoms with Gasteiger partial charge in [-0.2, -0.15) is 0 Å². The van der Waals surface area contributed by atoms with Crippen molar-refractivity contribution in [2.24, 2.45) is 11.7 Å². The molecule has 0 saturated heterocycles. The van der Waals surface area contributed by atoms with Crippen LogP contribution in [0.3, 0.4) is 0 Å². The van der Waals surface area contributed by atoms with Crippen molar-refractivity contribution in [3.63, 3.8) is 0 Å². The number of hydrogen-bond donors (Lipinski definition) is 2. The number of amides is 1. The summed E-state index contributed by atoms with van der Waals surface area (Å²) in [6.07, 6.45) is 1.61. The Hall–Kier alpha value is -1.06. The second-order valence-corrected chi connectivity index (χ2v) is 5.61. The van der Waals surface area contributed by atoms with Gasteiger partial charge in [0.25, 0.3) is 0 Å². The van der Waals surface area contributed by atoms with Crippen molar-refractivity contribution in [3.05, 3.63) is 34.9 Å². The zero-order valence-electron chi connectivity index (χ0n) is 11.8. The number of rotatable bonds is 6. The summed E-state index contributed by atoms with van der Waals surface area (Å²) in [7, 11) is 0. The van der Waals surface area contributed by atoms with Gasteiger partial charge in [0.1, 0.15) is 0 Å². The zero-order valence-corrected chi connectivity index (χ0v) is 12.6. The van der Waals surface area contributed by atoms with E-state index in [4.69, 9.17) is 17.3 Å². The number of hydrogen-bond acceptors (Lipinski definition) is 2. The molecule has 0 heterocycles. The fourth-order valence-electron chi connectivity index (χ4n) is 2.01. The zero-order chi connectivity index (χ0) is 14.4. The van der Waals surface area contributed by atoms with Crippen LogP contribution < -0.4 is 11.1 Å². The Morgan fingerprint density at radius 2 is 1.89 bits per heavy atom. The topological polar surface area (TPSA) is 55.1 Å². The van der Waals surface area contributed by atoms with E-state index in [1.165, 1.54) is 0 Å². The van der Waals surface area contributed by atoms with E-state index in [0.29, 0.717) is 17.4 Å². The molecule has 0 aliphatic rings. The molecule has 1 amide bonds. The molecule has 4 heteroatoms. The van der Waals surface area contributed by atoms with Crippen LogP contribution in [0.4, 0.5) is 0 Å². The summed E-state index contributed by atoms with van der Waals surface area (Å²) in [4.78, 5) is 12.0. The van der Waals surface area contributed by atoms with E-state index in [1.807, 2.05) is 31.2 Å². The minimum absolute atomic E-state index is 0.0346. The number of nitrogens with one attached hydrogen (secondary N) is 1. The van der Waals surface area contributed by atoms with Crippen LogP contribution in [0.25, 0.3) is 0 Å². The van der Waals surface area contributed by atoms with Gasteiger partial charge in [-0.25, -0.2) is 0 Å². The van der Waals surface area contributed by atoms with Crippen molar-refractivity contribution in [2.45, 2.75) is 45.7 Å². The van der Waals surface area contributed by atoms with Crippen molar-refractivity contribution in [3.8, 4) is 0 Å². The van der Waals surface area contributed by atoms with Gasteiger partial charge in [0.15, 0.2) is 0 Å². The van der Waals surface area contributed by atoms with Gasteiger partial charge in [-0.15, -0.1) is 0 Å². The first-order valence-corrected chi connectivity index (χ1v) is 7.15. The van der Waals surface area contributed by atoms with E-state index in [0.717, 1.165) is 12.0 Å². The molecule has 0 saturated carbocycles. The van der Waals surface area contributed by atoms with Gasteiger partial charge in [0.05, 0.1) is 12.1 Å². The third-order valence-corrected chi connectivity index (χ3v) is 3.38. The minimum Gasteiger partial charge on any atom is -0.348 e. The van der Waals surface area contributed by atoms with Gasteiger partial charge in [-0.3, -0.25) is 4.79 Å². The lowest BCUT2D eigenvalue weighted by molar-refractivity contribution is -0.123. The smallest absolute Gasteiger partial charge is 0.237 e. The lowest BCUT2D eigenvalue weighted by atomic mass is 9.95. The standard InChI is InChI=1S/C15H23ClN2O/c1-4-5-13(17)15(19)18-14(10(2)3)11-6-8-12(16)9-7-11/h6-10,13-14H,4-5,17H2,1-3H3,(H,18,19)/t13-,14?/m1/s1. The highest BCUT2D eigenvalue weighted by molar-refractivity contribution is 6.30. The highest BCUT2D eigenvalue weighted by atomic mass is 35.5. The lowest BCUT2D eigenvalue weighted by Crippen LogP contribution is -2.43. The normalized spacial score (nSPS) is 14.2. The molecular formula is C15H23ClN2O. The maximum atomic E-state index is 12.0. The summed E-state index contributed by atoms with van der Waals surface area (Å²) in [6, 6.07) is 7.10. The molecule has 0 spiro atoms. The molecule has 1 aromatic carbocycles. The number of halogens is 1. The van der Waals surface area contributed by atoms with E-state index >= 15 is 0 Å². The maximum Gasteiger partial charge on any atom is 0.237 e. The van der Waals surface area contributed by atoms with E-state index in [1.54, 1.807) is 0 Å². The van der Waals surface area contributed by atoms with E-state index in [9.17, 15) is 4.79 Å². The van der Waals surface area contributed by atoms with Crippen LogP contribution in [0.1, 0.15) is 45.2 Å². The molecule has 0 aromatic heterocycles. The van der Waals surface area contributed by atoms with Crippen molar-refractivity contribution in [2.75, 3.05) is 0 Å². The molecule has 3 nitrogen and oxygen atoms in total. The first-order valence-electron chi connectivity index (χ1n) is 6.77. The predicted octanol–water partition coefficient (Wildman–Crippen LogP) is 3.28.